The van der Waals surface area contributed by atoms with Gasteiger partial charge in [0.2, 0.25) is 0 Å². The molecule has 0 aliphatic heterocycles. The largest absolute Gasteiger partial charge is 1.00 e. The van der Waals surface area contributed by atoms with Crippen LogP contribution in [0.3, 0.4) is 0 Å². The SMILES string of the molecule is O=C(O)C(CCC1CCCCC1)C(=O)O.[H-].[Na+]. The minimum Gasteiger partial charge on any atom is -1.00 e. The van der Waals surface area contributed by atoms with Crippen molar-refractivity contribution < 1.29 is 50.8 Å². The van der Waals surface area contributed by atoms with Crippen molar-refractivity contribution >= 4 is 11.9 Å². The zero-order valence-electron chi connectivity index (χ0n) is 10.8. The molecule has 16 heavy (non-hydrogen) atoms. The van der Waals surface area contributed by atoms with Crippen molar-refractivity contribution in [3.8, 4) is 0 Å². The maximum absolute atomic E-state index is 10.6. The van der Waals surface area contributed by atoms with Crippen LogP contribution >= 0.6 is 0 Å². The van der Waals surface area contributed by atoms with Gasteiger partial charge in [0, 0.05) is 0 Å². The van der Waals surface area contributed by atoms with Gasteiger partial charge in [0.05, 0.1) is 0 Å². The molecule has 0 atom stereocenters. The summed E-state index contributed by atoms with van der Waals surface area (Å²) in [6, 6.07) is 0. The van der Waals surface area contributed by atoms with Gasteiger partial charge in [0.25, 0.3) is 0 Å². The maximum Gasteiger partial charge on any atom is 1.00 e. The minimum atomic E-state index is -1.22. The smallest absolute Gasteiger partial charge is 1.00 e. The Labute approximate surface area is 119 Å². The third-order valence-electron chi connectivity index (χ3n) is 3.18. The third kappa shape index (κ3) is 5.32. The number of carboxylic acid groups (broad SMARTS) is 2. The Kier molecular flexibility index (Phi) is 8.06. The van der Waals surface area contributed by atoms with E-state index in [1.165, 1.54) is 19.3 Å². The van der Waals surface area contributed by atoms with Crippen LogP contribution in [-0.4, -0.2) is 22.2 Å². The number of rotatable bonds is 5. The third-order valence-corrected chi connectivity index (χ3v) is 3.18. The molecule has 0 unspecified atom stereocenters. The summed E-state index contributed by atoms with van der Waals surface area (Å²) < 4.78 is 0. The van der Waals surface area contributed by atoms with Gasteiger partial charge in [-0.05, 0) is 18.8 Å². The van der Waals surface area contributed by atoms with Gasteiger partial charge in [-0.2, -0.15) is 0 Å². The summed E-state index contributed by atoms with van der Waals surface area (Å²) in [5, 5.41) is 17.4. The van der Waals surface area contributed by atoms with Gasteiger partial charge in [-0.25, -0.2) is 0 Å². The van der Waals surface area contributed by atoms with Crippen LogP contribution in [0.1, 0.15) is 46.4 Å². The van der Waals surface area contributed by atoms with Crippen molar-refractivity contribution in [1.29, 1.82) is 0 Å². The summed E-state index contributed by atoms with van der Waals surface area (Å²) in [5.41, 5.74) is 0. The first-order chi connectivity index (χ1) is 7.11. The van der Waals surface area contributed by atoms with Gasteiger partial charge in [-0.15, -0.1) is 0 Å². The molecule has 88 valence electrons. The second-order valence-electron chi connectivity index (χ2n) is 4.31. The van der Waals surface area contributed by atoms with E-state index < -0.39 is 17.9 Å². The Balaban J connectivity index is 0. The molecule has 0 aromatic carbocycles. The molecular weight excluding hydrogens is 219 g/mol. The molecule has 5 heteroatoms. The number of carbonyl (C=O) groups is 2. The summed E-state index contributed by atoms with van der Waals surface area (Å²) in [5.74, 6) is -3.09. The Hall–Kier alpha value is -0.0600. The predicted octanol–water partition coefficient (Wildman–Crippen LogP) is -0.751. The van der Waals surface area contributed by atoms with E-state index in [0.29, 0.717) is 5.92 Å². The Bertz CT molecular complexity index is 228. The molecule has 1 saturated carbocycles. The molecule has 0 radical (unpaired) electrons. The fourth-order valence-corrected chi connectivity index (χ4v) is 2.23. The normalized spacial score (nSPS) is 16.8. The molecule has 1 aliphatic rings. The number of hydrogen-bond donors (Lipinski definition) is 2. The first kappa shape index (κ1) is 15.9. The molecular formula is C11H19NaO4. The van der Waals surface area contributed by atoms with Crippen LogP contribution in [-0.2, 0) is 9.59 Å². The summed E-state index contributed by atoms with van der Waals surface area (Å²) in [7, 11) is 0. The quantitative estimate of drug-likeness (QED) is 0.488. The molecule has 0 aromatic rings. The van der Waals surface area contributed by atoms with Crippen LogP contribution in [0.15, 0.2) is 0 Å². The van der Waals surface area contributed by atoms with E-state index in [2.05, 4.69) is 0 Å². The molecule has 0 spiro atoms. The monoisotopic (exact) mass is 238 g/mol. The van der Waals surface area contributed by atoms with Crippen molar-refractivity contribution in [3.63, 3.8) is 0 Å². The second kappa shape index (κ2) is 8.09. The number of carboxylic acids is 2. The van der Waals surface area contributed by atoms with Crippen LogP contribution in [0.2, 0.25) is 0 Å². The van der Waals surface area contributed by atoms with Crippen LogP contribution in [0.5, 0.6) is 0 Å². The Morgan fingerprint density at radius 3 is 2.06 bits per heavy atom. The standard InChI is InChI=1S/C11H18O4.Na.H/c12-10(13)9(11(14)15)7-6-8-4-2-1-3-5-8;;/h8-9H,1-7H2,(H,12,13)(H,14,15);;/q;+1;-1. The van der Waals surface area contributed by atoms with Gasteiger partial charge < -0.3 is 11.6 Å². The molecule has 0 heterocycles. The van der Waals surface area contributed by atoms with Crippen molar-refractivity contribution in [2.24, 2.45) is 11.8 Å². The first-order valence-corrected chi connectivity index (χ1v) is 5.57. The van der Waals surface area contributed by atoms with Crippen molar-refractivity contribution in [2.45, 2.75) is 44.9 Å². The van der Waals surface area contributed by atoms with Gasteiger partial charge in [-0.1, -0.05) is 32.1 Å². The van der Waals surface area contributed by atoms with Crippen LogP contribution in [0, 0.1) is 11.8 Å². The number of hydrogen-bond acceptors (Lipinski definition) is 2. The minimum absolute atomic E-state index is 0. The average molecular weight is 238 g/mol. The molecule has 4 nitrogen and oxygen atoms in total. The first-order valence-electron chi connectivity index (χ1n) is 5.57. The summed E-state index contributed by atoms with van der Waals surface area (Å²) in [6.07, 6.45) is 6.94. The fraction of sp³-hybridized carbons (Fsp3) is 0.818. The number of aliphatic carboxylic acids is 2. The molecule has 1 fully saturated rings. The second-order valence-corrected chi connectivity index (χ2v) is 4.31. The maximum atomic E-state index is 10.6. The molecule has 0 amide bonds. The zero-order chi connectivity index (χ0) is 11.3. The van der Waals surface area contributed by atoms with Gasteiger partial charge in [0.1, 0.15) is 0 Å². The molecule has 1 rings (SSSR count). The van der Waals surface area contributed by atoms with E-state index in [4.69, 9.17) is 10.2 Å². The van der Waals surface area contributed by atoms with Gasteiger partial charge >= 0.3 is 41.5 Å². The summed E-state index contributed by atoms with van der Waals surface area (Å²) in [6.45, 7) is 0. The predicted molar refractivity (Wildman–Crippen MR) is 55.7 cm³/mol. The van der Waals surface area contributed by atoms with Crippen LogP contribution in [0.4, 0.5) is 0 Å². The molecule has 2 N–H and O–H groups in total. The van der Waals surface area contributed by atoms with E-state index in [9.17, 15) is 9.59 Å². The summed E-state index contributed by atoms with van der Waals surface area (Å²) in [4.78, 5) is 21.3. The topological polar surface area (TPSA) is 74.6 Å². The van der Waals surface area contributed by atoms with E-state index in [0.717, 1.165) is 19.3 Å². The molecule has 1 aliphatic carbocycles. The fourth-order valence-electron chi connectivity index (χ4n) is 2.23. The van der Waals surface area contributed by atoms with Crippen LogP contribution in [0.25, 0.3) is 0 Å². The van der Waals surface area contributed by atoms with Crippen molar-refractivity contribution in [3.05, 3.63) is 0 Å². The van der Waals surface area contributed by atoms with Crippen LogP contribution < -0.4 is 29.6 Å². The zero-order valence-corrected chi connectivity index (χ0v) is 11.8. The van der Waals surface area contributed by atoms with Crippen molar-refractivity contribution in [2.75, 3.05) is 0 Å². The van der Waals surface area contributed by atoms with Gasteiger partial charge in [0.15, 0.2) is 5.92 Å². The van der Waals surface area contributed by atoms with E-state index in [1.54, 1.807) is 0 Å². The Morgan fingerprint density at radius 1 is 1.12 bits per heavy atom. The van der Waals surface area contributed by atoms with E-state index in [-0.39, 0.29) is 37.4 Å². The van der Waals surface area contributed by atoms with Gasteiger partial charge in [-0.3, -0.25) is 9.59 Å². The average Bonchev–Trinajstić information content (AvgIpc) is 2.18. The Morgan fingerprint density at radius 2 is 1.62 bits per heavy atom. The van der Waals surface area contributed by atoms with E-state index >= 15 is 0 Å². The molecule has 0 aromatic heterocycles. The van der Waals surface area contributed by atoms with Crippen molar-refractivity contribution in [1.82, 2.24) is 0 Å². The molecule has 0 bridgehead atoms. The van der Waals surface area contributed by atoms with E-state index in [1.807, 2.05) is 0 Å². The summed E-state index contributed by atoms with van der Waals surface area (Å²) >= 11 is 0. The molecule has 0 saturated heterocycles.